The fourth-order valence-electron chi connectivity index (χ4n) is 7.92. The standard InChI is InChI=1S/C47H28N4S/c1-3-13-29(14-4-1)45-48-46(30-15-5-2-6-16-30)50-47(49-45)31-23-25-32(26-24-31)51-38-22-12-11-21-37(38)41-39(51)27-28-40-43(41)42-35-19-9-7-17-33(35)34-18-8-10-20-36(34)44(42)52-40/h1-28H. The first-order chi connectivity index (χ1) is 25.8. The van der Waals surface area contributed by atoms with E-state index in [9.17, 15) is 0 Å². The third-order valence-corrected chi connectivity index (χ3v) is 11.4. The second-order valence-electron chi connectivity index (χ2n) is 13.2. The average molecular weight is 681 g/mol. The summed E-state index contributed by atoms with van der Waals surface area (Å²) in [4.78, 5) is 14.8. The van der Waals surface area contributed by atoms with E-state index in [0.717, 1.165) is 22.4 Å². The summed E-state index contributed by atoms with van der Waals surface area (Å²) in [6.45, 7) is 0. The Morgan fingerprint density at radius 3 is 1.48 bits per heavy atom. The van der Waals surface area contributed by atoms with Crippen LogP contribution in [0.4, 0.5) is 0 Å². The van der Waals surface area contributed by atoms with Gasteiger partial charge in [-0.1, -0.05) is 127 Å². The Bertz CT molecular complexity index is 3100. The summed E-state index contributed by atoms with van der Waals surface area (Å²) in [5, 5.41) is 10.4. The van der Waals surface area contributed by atoms with Crippen LogP contribution in [-0.2, 0) is 0 Å². The lowest BCUT2D eigenvalue weighted by atomic mass is 9.96. The highest BCUT2D eigenvalue weighted by Gasteiger charge is 2.21. The molecule has 0 aliphatic heterocycles. The molecule has 3 heterocycles. The molecule has 0 fully saturated rings. The molecule has 0 bridgehead atoms. The Morgan fingerprint density at radius 2 is 0.846 bits per heavy atom. The molecular weight excluding hydrogens is 653 g/mol. The van der Waals surface area contributed by atoms with Crippen molar-refractivity contribution in [2.24, 2.45) is 0 Å². The smallest absolute Gasteiger partial charge is 0.164 e. The topological polar surface area (TPSA) is 43.6 Å². The van der Waals surface area contributed by atoms with E-state index in [4.69, 9.17) is 15.0 Å². The van der Waals surface area contributed by atoms with Gasteiger partial charge in [0.2, 0.25) is 0 Å². The van der Waals surface area contributed by atoms with Gasteiger partial charge >= 0.3 is 0 Å². The fourth-order valence-corrected chi connectivity index (χ4v) is 9.19. The number of para-hydroxylation sites is 1. The molecule has 0 aliphatic carbocycles. The van der Waals surface area contributed by atoms with Crippen LogP contribution in [0.3, 0.4) is 0 Å². The predicted molar refractivity (Wildman–Crippen MR) is 218 cm³/mol. The van der Waals surface area contributed by atoms with Gasteiger partial charge in [0, 0.05) is 58.7 Å². The molecular formula is C47H28N4S. The Balaban J connectivity index is 1.13. The van der Waals surface area contributed by atoms with Crippen molar-refractivity contribution in [3.63, 3.8) is 0 Å². The second kappa shape index (κ2) is 11.4. The van der Waals surface area contributed by atoms with Crippen LogP contribution >= 0.6 is 11.3 Å². The van der Waals surface area contributed by atoms with E-state index in [1.807, 2.05) is 72.0 Å². The Kier molecular flexibility index (Phi) is 6.39. The maximum atomic E-state index is 4.97. The molecule has 0 spiro atoms. The normalized spacial score (nSPS) is 11.8. The van der Waals surface area contributed by atoms with E-state index in [-0.39, 0.29) is 0 Å². The summed E-state index contributed by atoms with van der Waals surface area (Å²) in [6, 6.07) is 60.0. The molecule has 0 atom stereocenters. The largest absolute Gasteiger partial charge is 0.309 e. The van der Waals surface area contributed by atoms with Crippen molar-refractivity contribution in [2.45, 2.75) is 0 Å². The number of benzene rings is 8. The monoisotopic (exact) mass is 680 g/mol. The van der Waals surface area contributed by atoms with Crippen LogP contribution in [0, 0.1) is 0 Å². The summed E-state index contributed by atoms with van der Waals surface area (Å²) in [7, 11) is 0. The predicted octanol–water partition coefficient (Wildman–Crippen LogP) is 12.6. The Morgan fingerprint density at radius 1 is 0.346 bits per heavy atom. The van der Waals surface area contributed by atoms with Crippen LogP contribution in [0.25, 0.3) is 103 Å². The van der Waals surface area contributed by atoms with E-state index in [2.05, 4.69) is 114 Å². The lowest BCUT2D eigenvalue weighted by Crippen LogP contribution is -2.00. The highest BCUT2D eigenvalue weighted by molar-refractivity contribution is 7.27. The Hall–Kier alpha value is -6.69. The molecule has 0 unspecified atom stereocenters. The van der Waals surface area contributed by atoms with Crippen molar-refractivity contribution in [3.8, 4) is 39.9 Å². The molecule has 52 heavy (non-hydrogen) atoms. The second-order valence-corrected chi connectivity index (χ2v) is 14.2. The number of hydrogen-bond donors (Lipinski definition) is 0. The summed E-state index contributed by atoms with van der Waals surface area (Å²) >= 11 is 1.90. The van der Waals surface area contributed by atoms with E-state index in [1.165, 1.54) is 63.5 Å². The van der Waals surface area contributed by atoms with E-state index in [0.29, 0.717) is 17.5 Å². The van der Waals surface area contributed by atoms with Gasteiger partial charge < -0.3 is 4.57 Å². The summed E-state index contributed by atoms with van der Waals surface area (Å²) in [5.41, 5.74) is 6.31. The van der Waals surface area contributed by atoms with Gasteiger partial charge in [-0.05, 0) is 58.6 Å². The minimum Gasteiger partial charge on any atom is -0.309 e. The molecule has 0 aliphatic rings. The molecule has 0 amide bonds. The maximum Gasteiger partial charge on any atom is 0.164 e. The van der Waals surface area contributed by atoms with Gasteiger partial charge in [-0.25, -0.2) is 15.0 Å². The first-order valence-electron chi connectivity index (χ1n) is 17.5. The van der Waals surface area contributed by atoms with E-state index >= 15 is 0 Å². The zero-order valence-electron chi connectivity index (χ0n) is 27.9. The third kappa shape index (κ3) is 4.36. The quantitative estimate of drug-likeness (QED) is 0.174. The van der Waals surface area contributed by atoms with Crippen LogP contribution in [-0.4, -0.2) is 19.5 Å². The number of rotatable bonds is 4. The van der Waals surface area contributed by atoms with Gasteiger partial charge in [0.1, 0.15) is 0 Å². The minimum absolute atomic E-state index is 0.645. The van der Waals surface area contributed by atoms with Crippen molar-refractivity contribution in [2.75, 3.05) is 0 Å². The molecule has 0 saturated heterocycles. The number of thiophene rings is 1. The summed E-state index contributed by atoms with van der Waals surface area (Å²) in [5.74, 6) is 1.96. The lowest BCUT2D eigenvalue weighted by molar-refractivity contribution is 1.07. The first-order valence-corrected chi connectivity index (χ1v) is 18.3. The SMILES string of the molecule is c1ccc(-c2nc(-c3ccccc3)nc(-c3ccc(-n4c5ccccc5c5c6c(ccc54)sc4c5ccccc5c5ccccc5c46)cc3)n2)cc1. The zero-order chi connectivity index (χ0) is 34.2. The molecule has 11 aromatic rings. The van der Waals surface area contributed by atoms with Gasteiger partial charge in [-0.2, -0.15) is 0 Å². The highest BCUT2D eigenvalue weighted by Crippen LogP contribution is 2.48. The minimum atomic E-state index is 0.645. The maximum absolute atomic E-state index is 4.97. The number of fused-ring (bicyclic) bond motifs is 12. The molecule has 0 N–H and O–H groups in total. The molecule has 4 nitrogen and oxygen atoms in total. The third-order valence-electron chi connectivity index (χ3n) is 10.2. The van der Waals surface area contributed by atoms with E-state index in [1.54, 1.807) is 0 Å². The summed E-state index contributed by atoms with van der Waals surface area (Å²) in [6.07, 6.45) is 0. The lowest BCUT2D eigenvalue weighted by Gasteiger charge is -2.11. The molecule has 11 rings (SSSR count). The van der Waals surface area contributed by atoms with Crippen LogP contribution in [0.2, 0.25) is 0 Å². The van der Waals surface area contributed by atoms with Gasteiger partial charge in [0.05, 0.1) is 11.0 Å². The van der Waals surface area contributed by atoms with Gasteiger partial charge in [0.25, 0.3) is 0 Å². The fraction of sp³-hybridized carbons (Fsp3) is 0. The molecule has 8 aromatic carbocycles. The van der Waals surface area contributed by atoms with Crippen LogP contribution in [0.5, 0.6) is 0 Å². The first kappa shape index (κ1) is 29.1. The van der Waals surface area contributed by atoms with Crippen molar-refractivity contribution in [1.82, 2.24) is 19.5 Å². The highest BCUT2D eigenvalue weighted by atomic mass is 32.1. The van der Waals surface area contributed by atoms with Crippen molar-refractivity contribution >= 4 is 74.9 Å². The van der Waals surface area contributed by atoms with Crippen LogP contribution in [0.15, 0.2) is 170 Å². The molecule has 5 heteroatoms. The van der Waals surface area contributed by atoms with Crippen LogP contribution < -0.4 is 0 Å². The number of nitrogens with zero attached hydrogens (tertiary/aromatic N) is 4. The van der Waals surface area contributed by atoms with Crippen molar-refractivity contribution in [1.29, 1.82) is 0 Å². The molecule has 0 radical (unpaired) electrons. The van der Waals surface area contributed by atoms with Crippen molar-refractivity contribution in [3.05, 3.63) is 170 Å². The summed E-state index contributed by atoms with van der Waals surface area (Å²) < 4.78 is 5.05. The molecule has 0 saturated carbocycles. The Labute approximate surface area is 302 Å². The van der Waals surface area contributed by atoms with E-state index < -0.39 is 0 Å². The van der Waals surface area contributed by atoms with Gasteiger partial charge in [-0.3, -0.25) is 0 Å². The average Bonchev–Trinajstić information content (AvgIpc) is 3.78. The molecule has 3 aromatic heterocycles. The number of aromatic nitrogens is 4. The zero-order valence-corrected chi connectivity index (χ0v) is 28.7. The van der Waals surface area contributed by atoms with Crippen molar-refractivity contribution < 1.29 is 0 Å². The van der Waals surface area contributed by atoms with Gasteiger partial charge in [0.15, 0.2) is 17.5 Å². The van der Waals surface area contributed by atoms with Crippen LogP contribution in [0.1, 0.15) is 0 Å². The van der Waals surface area contributed by atoms with Gasteiger partial charge in [-0.15, -0.1) is 11.3 Å². The number of hydrogen-bond acceptors (Lipinski definition) is 4. The molecule has 242 valence electrons.